The SMILES string of the molecule is ClC1=CN(Cc2cnn(C(c3ccccc3)(c3ccccc3)c3ccccc3)c2)C2=NCNc3c(Cl)c(Br)cc(c32)O1. The highest BCUT2D eigenvalue weighted by molar-refractivity contribution is 9.10. The van der Waals surface area contributed by atoms with Crippen molar-refractivity contribution in [3.8, 4) is 5.75 Å². The first-order valence-electron chi connectivity index (χ1n) is 13.4. The normalized spacial score (nSPS) is 14.2. The van der Waals surface area contributed by atoms with Crippen LogP contribution >= 0.6 is 39.1 Å². The van der Waals surface area contributed by atoms with E-state index in [1.165, 1.54) is 0 Å². The Morgan fingerprint density at radius 1 is 0.881 bits per heavy atom. The number of halogens is 3. The fourth-order valence-corrected chi connectivity index (χ4v) is 6.59. The van der Waals surface area contributed by atoms with Crippen LogP contribution in [0.4, 0.5) is 5.69 Å². The third-order valence-corrected chi connectivity index (χ3v) is 8.96. The largest absolute Gasteiger partial charge is 0.443 e. The van der Waals surface area contributed by atoms with Gasteiger partial charge in [0.2, 0.25) is 5.22 Å². The maximum Gasteiger partial charge on any atom is 0.210 e. The molecule has 5 aromatic rings. The summed E-state index contributed by atoms with van der Waals surface area (Å²) < 4.78 is 8.76. The van der Waals surface area contributed by atoms with Crippen LogP contribution in [-0.4, -0.2) is 27.2 Å². The number of aliphatic imine (C=N–C) groups is 1. The van der Waals surface area contributed by atoms with Crippen molar-refractivity contribution in [2.45, 2.75) is 12.1 Å². The lowest BCUT2D eigenvalue weighted by Gasteiger charge is -2.36. The smallest absolute Gasteiger partial charge is 0.210 e. The minimum absolute atomic E-state index is 0.225. The summed E-state index contributed by atoms with van der Waals surface area (Å²) in [7, 11) is 0. The van der Waals surface area contributed by atoms with Gasteiger partial charge in [0.25, 0.3) is 0 Å². The number of anilines is 1. The Bertz CT molecular complexity index is 1730. The van der Waals surface area contributed by atoms with Crippen molar-refractivity contribution in [3.63, 3.8) is 0 Å². The number of rotatable bonds is 6. The van der Waals surface area contributed by atoms with Crippen LogP contribution in [0.5, 0.6) is 5.75 Å². The van der Waals surface area contributed by atoms with Crippen LogP contribution in [0, 0.1) is 0 Å². The van der Waals surface area contributed by atoms with E-state index in [0.717, 1.165) is 39.3 Å². The van der Waals surface area contributed by atoms with Crippen LogP contribution in [0.15, 0.2) is 130 Å². The van der Waals surface area contributed by atoms with Crippen molar-refractivity contribution in [3.05, 3.63) is 158 Å². The lowest BCUT2D eigenvalue weighted by Crippen LogP contribution is -2.38. The number of hydrogen-bond donors (Lipinski definition) is 1. The maximum atomic E-state index is 6.65. The molecule has 3 heterocycles. The third kappa shape index (κ3) is 4.49. The van der Waals surface area contributed by atoms with Gasteiger partial charge in [0.05, 0.1) is 35.2 Å². The number of nitrogens with one attached hydrogen (secondary N) is 1. The monoisotopic (exact) mass is 655 g/mol. The molecule has 42 heavy (non-hydrogen) atoms. The number of aromatic nitrogens is 2. The van der Waals surface area contributed by atoms with Gasteiger partial charge >= 0.3 is 0 Å². The van der Waals surface area contributed by atoms with Gasteiger partial charge in [-0.1, -0.05) is 103 Å². The van der Waals surface area contributed by atoms with Crippen molar-refractivity contribution < 1.29 is 4.74 Å². The zero-order valence-electron chi connectivity index (χ0n) is 22.2. The Morgan fingerprint density at radius 3 is 2.07 bits per heavy atom. The van der Waals surface area contributed by atoms with Gasteiger partial charge in [-0.3, -0.25) is 4.68 Å². The highest BCUT2D eigenvalue weighted by Crippen LogP contribution is 2.44. The Kier molecular flexibility index (Phi) is 7.02. The second kappa shape index (κ2) is 11.0. The first kappa shape index (κ1) is 26.8. The van der Waals surface area contributed by atoms with E-state index in [9.17, 15) is 0 Å². The minimum atomic E-state index is -0.705. The topological polar surface area (TPSA) is 54.7 Å². The summed E-state index contributed by atoms with van der Waals surface area (Å²) in [6.45, 7) is 0.831. The van der Waals surface area contributed by atoms with Gasteiger partial charge in [0.1, 0.15) is 23.8 Å². The van der Waals surface area contributed by atoms with E-state index < -0.39 is 5.54 Å². The van der Waals surface area contributed by atoms with E-state index in [4.69, 9.17) is 38.0 Å². The highest BCUT2D eigenvalue weighted by atomic mass is 79.9. The summed E-state index contributed by atoms with van der Waals surface area (Å²) in [5.41, 5.74) is 5.09. The molecule has 1 N–H and O–H groups in total. The molecule has 0 saturated carbocycles. The fourth-order valence-electron chi connectivity index (χ4n) is 5.77. The molecule has 1 aromatic heterocycles. The van der Waals surface area contributed by atoms with E-state index in [1.807, 2.05) is 35.4 Å². The summed E-state index contributed by atoms with van der Waals surface area (Å²) >= 11 is 16.7. The highest BCUT2D eigenvalue weighted by Gasteiger charge is 2.39. The van der Waals surface area contributed by atoms with E-state index >= 15 is 0 Å². The second-order valence-corrected chi connectivity index (χ2v) is 11.6. The van der Waals surface area contributed by atoms with Crippen molar-refractivity contribution in [2.75, 3.05) is 12.0 Å². The molecule has 0 saturated heterocycles. The second-order valence-electron chi connectivity index (χ2n) is 10.0. The average Bonchev–Trinajstić information content (AvgIpc) is 3.44. The molecule has 9 heteroatoms. The molecule has 0 spiro atoms. The van der Waals surface area contributed by atoms with Crippen molar-refractivity contribution in [2.24, 2.45) is 4.99 Å². The molecule has 208 valence electrons. The van der Waals surface area contributed by atoms with Crippen molar-refractivity contribution in [1.29, 1.82) is 0 Å². The van der Waals surface area contributed by atoms with Crippen LogP contribution in [0.3, 0.4) is 0 Å². The van der Waals surface area contributed by atoms with E-state index in [2.05, 4.69) is 105 Å². The predicted octanol–water partition coefficient (Wildman–Crippen LogP) is 8.20. The average molecular weight is 657 g/mol. The third-order valence-electron chi connectivity index (χ3n) is 7.54. The zero-order valence-corrected chi connectivity index (χ0v) is 25.3. The lowest BCUT2D eigenvalue weighted by molar-refractivity contribution is 0.448. The molecule has 7 rings (SSSR count). The van der Waals surface area contributed by atoms with Gasteiger partial charge in [-0.25, -0.2) is 4.99 Å². The standard InChI is InChI=1S/C33H24BrCl2N5O/c34-26-16-27-29-31(30(26)36)37-21-38-32(29)40(20-28(35)42-27)18-22-17-39-41(19-22)33(23-10-4-1-5-11-23,24-12-6-2-7-13-24)25-14-8-3-9-15-25/h1-17,19-20,37H,18,21H2. The molecule has 6 nitrogen and oxygen atoms in total. The molecular weight excluding hydrogens is 633 g/mol. The minimum Gasteiger partial charge on any atom is -0.443 e. The zero-order chi connectivity index (χ0) is 28.7. The summed E-state index contributed by atoms with van der Waals surface area (Å²) in [6.07, 6.45) is 5.75. The number of ether oxygens (including phenoxy) is 1. The van der Waals surface area contributed by atoms with Gasteiger partial charge in [-0.2, -0.15) is 5.10 Å². The van der Waals surface area contributed by atoms with Gasteiger partial charge in [0.15, 0.2) is 0 Å². The molecule has 2 aliphatic rings. The van der Waals surface area contributed by atoms with Crippen LogP contribution in [0.25, 0.3) is 0 Å². The molecule has 4 aromatic carbocycles. The fraction of sp³-hybridized carbons (Fsp3) is 0.0909. The first-order chi connectivity index (χ1) is 20.6. The van der Waals surface area contributed by atoms with Gasteiger partial charge < -0.3 is 15.0 Å². The molecule has 0 bridgehead atoms. The molecule has 0 atom stereocenters. The summed E-state index contributed by atoms with van der Waals surface area (Å²) in [5, 5.41) is 9.07. The van der Waals surface area contributed by atoms with Crippen LogP contribution in [0.2, 0.25) is 5.02 Å². The number of amidine groups is 1. The summed E-state index contributed by atoms with van der Waals surface area (Å²) in [5.74, 6) is 1.29. The number of nitrogens with zero attached hydrogens (tertiary/aromatic N) is 4. The molecule has 0 radical (unpaired) electrons. The molecule has 0 aliphatic carbocycles. The predicted molar refractivity (Wildman–Crippen MR) is 171 cm³/mol. The van der Waals surface area contributed by atoms with Crippen LogP contribution in [-0.2, 0) is 12.1 Å². The van der Waals surface area contributed by atoms with Gasteiger partial charge in [-0.05, 0) is 50.3 Å². The van der Waals surface area contributed by atoms with Gasteiger partial charge in [-0.15, -0.1) is 0 Å². The maximum absolute atomic E-state index is 6.65. The van der Waals surface area contributed by atoms with Gasteiger partial charge in [0, 0.05) is 16.2 Å². The van der Waals surface area contributed by atoms with E-state index in [1.54, 1.807) is 6.20 Å². The Hall–Kier alpha value is -4.04. The Morgan fingerprint density at radius 2 is 1.48 bits per heavy atom. The number of benzene rings is 4. The Labute approximate surface area is 262 Å². The van der Waals surface area contributed by atoms with Crippen LogP contribution < -0.4 is 10.1 Å². The van der Waals surface area contributed by atoms with Crippen molar-refractivity contribution >= 4 is 50.7 Å². The first-order valence-corrected chi connectivity index (χ1v) is 14.9. The Balaban J connectivity index is 1.35. The van der Waals surface area contributed by atoms with Crippen LogP contribution in [0.1, 0.15) is 27.8 Å². The lowest BCUT2D eigenvalue weighted by atomic mass is 9.77. The summed E-state index contributed by atoms with van der Waals surface area (Å²) in [6, 6.07) is 33.2. The molecule has 0 amide bonds. The molecular formula is C33H24BrCl2N5O. The van der Waals surface area contributed by atoms with Crippen molar-refractivity contribution in [1.82, 2.24) is 14.7 Å². The summed E-state index contributed by atoms with van der Waals surface area (Å²) in [4.78, 5) is 6.78. The molecule has 0 unspecified atom stereocenters. The number of hydrogen-bond acceptors (Lipinski definition) is 5. The molecule has 0 fully saturated rings. The quantitative estimate of drug-likeness (QED) is 0.187. The van der Waals surface area contributed by atoms with E-state index in [0.29, 0.717) is 28.5 Å². The van der Waals surface area contributed by atoms with E-state index in [-0.39, 0.29) is 5.22 Å². The molecule has 2 aliphatic heterocycles.